The van der Waals surface area contributed by atoms with E-state index >= 15 is 0 Å². The monoisotopic (exact) mass is 438 g/mol. The summed E-state index contributed by atoms with van der Waals surface area (Å²) >= 11 is 0. The first kappa shape index (κ1) is 23.1. The van der Waals surface area contributed by atoms with Crippen LogP contribution >= 0.6 is 0 Å². The van der Waals surface area contributed by atoms with Gasteiger partial charge in [-0.2, -0.15) is 0 Å². The van der Waals surface area contributed by atoms with Crippen molar-refractivity contribution in [3.8, 4) is 0 Å². The summed E-state index contributed by atoms with van der Waals surface area (Å²) in [5.41, 5.74) is -2.17. The van der Waals surface area contributed by atoms with Crippen molar-refractivity contribution in [1.29, 1.82) is 0 Å². The lowest BCUT2D eigenvalue weighted by Crippen LogP contribution is -2.71. The fourth-order valence-electron chi connectivity index (χ4n) is 7.52. The number of aliphatic hydroxyl groups is 1. The lowest BCUT2D eigenvalue weighted by Gasteiger charge is -2.64. The van der Waals surface area contributed by atoms with E-state index in [9.17, 15) is 14.7 Å². The summed E-state index contributed by atoms with van der Waals surface area (Å²) in [5, 5.41) is 11.1. The molecule has 2 aliphatic carbocycles. The molecular formula is C24H38O7. The van der Waals surface area contributed by atoms with Crippen molar-refractivity contribution < 1.29 is 33.6 Å². The third kappa shape index (κ3) is 3.22. The highest BCUT2D eigenvalue weighted by molar-refractivity contribution is 5.89. The van der Waals surface area contributed by atoms with Gasteiger partial charge in [-0.1, -0.05) is 27.7 Å². The van der Waals surface area contributed by atoms with Gasteiger partial charge in [-0.05, 0) is 32.6 Å². The Balaban J connectivity index is 1.71. The van der Waals surface area contributed by atoms with E-state index < -0.39 is 34.1 Å². The van der Waals surface area contributed by atoms with Crippen LogP contribution in [0.5, 0.6) is 0 Å². The molecule has 0 aromatic rings. The second-order valence-electron chi connectivity index (χ2n) is 11.0. The molecule has 0 bridgehead atoms. The maximum atomic E-state index is 13.5. The van der Waals surface area contributed by atoms with Crippen LogP contribution in [0.3, 0.4) is 0 Å². The Morgan fingerprint density at radius 1 is 1.23 bits per heavy atom. The van der Waals surface area contributed by atoms with Crippen molar-refractivity contribution in [3.05, 3.63) is 0 Å². The number of aliphatic hydroxyl groups excluding tert-OH is 1. The lowest BCUT2D eigenvalue weighted by molar-refractivity contribution is -0.266. The van der Waals surface area contributed by atoms with E-state index in [2.05, 4.69) is 6.92 Å². The van der Waals surface area contributed by atoms with Crippen LogP contribution in [0.15, 0.2) is 0 Å². The molecule has 1 N–H and O–H groups in total. The van der Waals surface area contributed by atoms with Crippen LogP contribution in [-0.4, -0.2) is 59.8 Å². The highest BCUT2D eigenvalue weighted by Gasteiger charge is 2.73. The van der Waals surface area contributed by atoms with Crippen LogP contribution in [0.25, 0.3) is 0 Å². The SMILES string of the molecule is CCO[C@H]1C[C@]2(CC[C@@]3(O2)[C@H](C)[C@@H](O)C(=O)C2C(C)(C)C(OC(C)=O)CC[C@@]23C)CO1. The molecule has 2 heterocycles. The minimum Gasteiger partial charge on any atom is -0.462 e. The molecule has 2 saturated heterocycles. The van der Waals surface area contributed by atoms with Crippen molar-refractivity contribution in [2.75, 3.05) is 13.2 Å². The van der Waals surface area contributed by atoms with E-state index in [1.54, 1.807) is 0 Å². The normalized spacial score (nSPS) is 48.9. The maximum Gasteiger partial charge on any atom is 0.302 e. The van der Waals surface area contributed by atoms with Gasteiger partial charge in [-0.25, -0.2) is 0 Å². The smallest absolute Gasteiger partial charge is 0.302 e. The van der Waals surface area contributed by atoms with Crippen LogP contribution in [0, 0.1) is 22.7 Å². The Hall–Kier alpha value is -1.02. The van der Waals surface area contributed by atoms with E-state index in [0.29, 0.717) is 32.5 Å². The molecule has 4 fully saturated rings. The zero-order valence-electron chi connectivity index (χ0n) is 19.7. The van der Waals surface area contributed by atoms with Gasteiger partial charge >= 0.3 is 5.97 Å². The third-order valence-corrected chi connectivity index (χ3v) is 8.97. The number of carbonyl (C=O) groups excluding carboxylic acids is 2. The molecule has 2 unspecified atom stereocenters. The molecule has 4 aliphatic rings. The molecule has 7 heteroatoms. The van der Waals surface area contributed by atoms with Crippen molar-refractivity contribution in [3.63, 3.8) is 0 Å². The van der Waals surface area contributed by atoms with Gasteiger partial charge in [0.15, 0.2) is 12.1 Å². The van der Waals surface area contributed by atoms with Gasteiger partial charge in [0.05, 0.1) is 17.8 Å². The molecule has 31 heavy (non-hydrogen) atoms. The van der Waals surface area contributed by atoms with Gasteiger partial charge in [-0.3, -0.25) is 9.59 Å². The average Bonchev–Trinajstić information content (AvgIpc) is 3.26. The Labute approximate surface area is 185 Å². The molecule has 0 amide bonds. The Morgan fingerprint density at radius 3 is 2.58 bits per heavy atom. The Bertz CT molecular complexity index is 750. The maximum absolute atomic E-state index is 13.5. The summed E-state index contributed by atoms with van der Waals surface area (Å²) in [5.74, 6) is -1.28. The standard InChI is InChI=1S/C24H38O7/c1-7-28-17-12-23(13-29-17)10-11-24(31-23)14(2)18(26)19(27)20-21(4,5)16(30-15(3)25)8-9-22(20,24)6/h14,16-18,20,26H,7-13H2,1-6H3/t14-,16?,17-,18-,20?,22+,23-,24-/m1/s1. The van der Waals surface area contributed by atoms with Crippen LogP contribution < -0.4 is 0 Å². The van der Waals surface area contributed by atoms with E-state index in [-0.39, 0.29) is 30.1 Å². The van der Waals surface area contributed by atoms with Crippen LogP contribution in [-0.2, 0) is 28.5 Å². The number of rotatable bonds is 3. The van der Waals surface area contributed by atoms with E-state index in [1.165, 1.54) is 6.92 Å². The molecule has 176 valence electrons. The summed E-state index contributed by atoms with van der Waals surface area (Å²) < 4.78 is 24.2. The Morgan fingerprint density at radius 2 is 1.94 bits per heavy atom. The largest absolute Gasteiger partial charge is 0.462 e. The van der Waals surface area contributed by atoms with Gasteiger partial charge in [-0.15, -0.1) is 0 Å². The lowest BCUT2D eigenvalue weighted by atomic mass is 9.43. The number of hydrogen-bond acceptors (Lipinski definition) is 7. The van der Waals surface area contributed by atoms with Crippen LogP contribution in [0.4, 0.5) is 0 Å². The predicted octanol–water partition coefficient (Wildman–Crippen LogP) is 3.01. The summed E-state index contributed by atoms with van der Waals surface area (Å²) in [6.07, 6.45) is 1.88. The van der Waals surface area contributed by atoms with Crippen molar-refractivity contribution in [1.82, 2.24) is 0 Å². The van der Waals surface area contributed by atoms with Crippen LogP contribution in [0.2, 0.25) is 0 Å². The molecule has 0 aromatic carbocycles. The minimum absolute atomic E-state index is 0.151. The first-order valence-electron chi connectivity index (χ1n) is 11.7. The van der Waals surface area contributed by atoms with Crippen molar-refractivity contribution >= 4 is 11.8 Å². The number of fused-ring (bicyclic) bond motifs is 2. The number of ketones is 1. The fraction of sp³-hybridized carbons (Fsp3) is 0.917. The van der Waals surface area contributed by atoms with Gasteiger partial charge in [0.25, 0.3) is 0 Å². The fourth-order valence-corrected chi connectivity index (χ4v) is 7.52. The van der Waals surface area contributed by atoms with E-state index in [4.69, 9.17) is 18.9 Å². The summed E-state index contributed by atoms with van der Waals surface area (Å²) in [6, 6.07) is 0. The number of hydrogen-bond donors (Lipinski definition) is 1. The average molecular weight is 439 g/mol. The van der Waals surface area contributed by atoms with Gasteiger partial charge in [0.2, 0.25) is 0 Å². The predicted molar refractivity (Wildman–Crippen MR) is 112 cm³/mol. The first-order valence-corrected chi connectivity index (χ1v) is 11.7. The van der Waals surface area contributed by atoms with E-state index in [0.717, 1.165) is 12.8 Å². The molecule has 2 aliphatic heterocycles. The Kier molecular flexibility index (Phi) is 5.60. The van der Waals surface area contributed by atoms with Crippen molar-refractivity contribution in [2.45, 2.75) is 103 Å². The zero-order chi connectivity index (χ0) is 22.8. The molecule has 2 saturated carbocycles. The number of ether oxygens (including phenoxy) is 4. The quantitative estimate of drug-likeness (QED) is 0.677. The second-order valence-corrected chi connectivity index (χ2v) is 11.0. The number of carbonyl (C=O) groups is 2. The van der Waals surface area contributed by atoms with E-state index in [1.807, 2.05) is 27.7 Å². The third-order valence-electron chi connectivity index (χ3n) is 8.97. The molecule has 2 spiro atoms. The second kappa shape index (κ2) is 7.51. The minimum atomic E-state index is -1.10. The van der Waals surface area contributed by atoms with Gasteiger partial charge in [0.1, 0.15) is 12.2 Å². The first-order chi connectivity index (χ1) is 14.4. The molecule has 7 nitrogen and oxygen atoms in total. The molecule has 0 radical (unpaired) electrons. The summed E-state index contributed by atoms with van der Waals surface area (Å²) in [4.78, 5) is 25.3. The number of esters is 1. The molecule has 8 atom stereocenters. The zero-order valence-corrected chi connectivity index (χ0v) is 19.7. The summed E-state index contributed by atoms with van der Waals surface area (Å²) in [6.45, 7) is 12.5. The topological polar surface area (TPSA) is 91.3 Å². The molecule has 0 aromatic heterocycles. The summed E-state index contributed by atoms with van der Waals surface area (Å²) in [7, 11) is 0. The highest BCUT2D eigenvalue weighted by atomic mass is 16.7. The van der Waals surface area contributed by atoms with Crippen molar-refractivity contribution in [2.24, 2.45) is 22.7 Å². The van der Waals surface area contributed by atoms with Gasteiger partial charge in [0, 0.05) is 42.6 Å². The molecular weight excluding hydrogens is 400 g/mol. The molecule has 4 rings (SSSR count). The highest BCUT2D eigenvalue weighted by Crippen LogP contribution is 2.67. The number of Topliss-reactive ketones (excluding diaryl/α,β-unsaturated/α-hetero) is 1. The van der Waals surface area contributed by atoms with Crippen LogP contribution in [0.1, 0.15) is 73.6 Å². The van der Waals surface area contributed by atoms with Gasteiger partial charge < -0.3 is 24.1 Å².